The van der Waals surface area contributed by atoms with Crippen LogP contribution in [0.5, 0.6) is 0 Å². The zero-order valence-electron chi connectivity index (χ0n) is 11.0. The normalized spacial score (nSPS) is 22.6. The van der Waals surface area contributed by atoms with Gasteiger partial charge in [0.2, 0.25) is 0 Å². The van der Waals surface area contributed by atoms with Crippen LogP contribution in [0.4, 0.5) is 0 Å². The van der Waals surface area contributed by atoms with E-state index in [4.69, 9.17) is 0 Å². The van der Waals surface area contributed by atoms with Gasteiger partial charge < -0.3 is 20.4 Å². The molecule has 5 heteroatoms. The van der Waals surface area contributed by atoms with Gasteiger partial charge in [-0.25, -0.2) is 0 Å². The van der Waals surface area contributed by atoms with Gasteiger partial charge in [-0.2, -0.15) is 11.8 Å². The summed E-state index contributed by atoms with van der Waals surface area (Å²) in [5.41, 5.74) is -0.688. The molecule has 0 aromatic heterocycles. The zero-order chi connectivity index (χ0) is 12.7. The monoisotopic (exact) mass is 262 g/mol. The van der Waals surface area contributed by atoms with Crippen molar-refractivity contribution < 1.29 is 10.2 Å². The maximum Gasteiger partial charge on any atom is 0.0833 e. The van der Waals surface area contributed by atoms with Gasteiger partial charge in [-0.15, -0.1) is 0 Å². The highest BCUT2D eigenvalue weighted by Gasteiger charge is 2.20. The van der Waals surface area contributed by atoms with Gasteiger partial charge in [-0.3, -0.25) is 0 Å². The van der Waals surface area contributed by atoms with Gasteiger partial charge in [0.15, 0.2) is 0 Å². The Hall–Kier alpha value is 0.190. The van der Waals surface area contributed by atoms with Crippen molar-refractivity contribution in [2.45, 2.75) is 31.5 Å². The smallest absolute Gasteiger partial charge is 0.0833 e. The number of aliphatic hydroxyl groups is 2. The van der Waals surface area contributed by atoms with Crippen molar-refractivity contribution in [1.82, 2.24) is 10.2 Å². The Morgan fingerprint density at radius 1 is 1.41 bits per heavy atom. The summed E-state index contributed by atoms with van der Waals surface area (Å²) in [4.78, 5) is 2.30. The summed E-state index contributed by atoms with van der Waals surface area (Å²) in [6, 6.07) is 0. The van der Waals surface area contributed by atoms with Gasteiger partial charge >= 0.3 is 0 Å². The van der Waals surface area contributed by atoms with Crippen LogP contribution in [-0.2, 0) is 0 Å². The first-order valence-corrected chi connectivity index (χ1v) is 7.75. The molecule has 0 aliphatic carbocycles. The molecule has 102 valence electrons. The summed E-state index contributed by atoms with van der Waals surface area (Å²) in [7, 11) is 0. The Labute approximate surface area is 109 Å². The number of thioether (sulfide) groups is 1. The second kappa shape index (κ2) is 7.59. The second-order valence-corrected chi connectivity index (χ2v) is 6.09. The van der Waals surface area contributed by atoms with Crippen molar-refractivity contribution in [3.63, 3.8) is 0 Å². The zero-order valence-corrected chi connectivity index (χ0v) is 11.8. The first-order valence-electron chi connectivity index (χ1n) is 6.36. The Morgan fingerprint density at radius 3 is 2.65 bits per heavy atom. The molecule has 0 bridgehead atoms. The number of hydrogen-bond acceptors (Lipinski definition) is 5. The molecule has 17 heavy (non-hydrogen) atoms. The highest BCUT2D eigenvalue weighted by atomic mass is 32.2. The number of aliphatic hydroxyl groups excluding tert-OH is 1. The number of rotatable bonds is 8. The molecule has 0 amide bonds. The molecule has 0 saturated carbocycles. The van der Waals surface area contributed by atoms with E-state index in [-0.39, 0.29) is 6.10 Å². The molecule has 4 nitrogen and oxygen atoms in total. The Morgan fingerprint density at radius 2 is 2.06 bits per heavy atom. The molecule has 0 spiro atoms. The largest absolute Gasteiger partial charge is 0.390 e. The predicted molar refractivity (Wildman–Crippen MR) is 73.6 cm³/mol. The fourth-order valence-electron chi connectivity index (χ4n) is 2.20. The Balaban J connectivity index is 2.08. The number of nitrogens with one attached hydrogen (secondary N) is 1. The van der Waals surface area contributed by atoms with Gasteiger partial charge in [-0.1, -0.05) is 0 Å². The van der Waals surface area contributed by atoms with Crippen LogP contribution >= 0.6 is 11.8 Å². The third kappa shape index (κ3) is 6.62. The van der Waals surface area contributed by atoms with Gasteiger partial charge in [0.25, 0.3) is 0 Å². The summed E-state index contributed by atoms with van der Waals surface area (Å²) in [6.07, 6.45) is 4.15. The van der Waals surface area contributed by atoms with E-state index in [1.165, 1.54) is 12.8 Å². The predicted octanol–water partition coefficient (Wildman–Crippen LogP) is 0.147. The summed E-state index contributed by atoms with van der Waals surface area (Å²) >= 11 is 1.63. The fraction of sp³-hybridized carbons (Fsp3) is 1.00. The lowest BCUT2D eigenvalue weighted by Gasteiger charge is -2.24. The topological polar surface area (TPSA) is 55.7 Å². The molecular formula is C12H26N2O2S. The van der Waals surface area contributed by atoms with Crippen LogP contribution in [0.25, 0.3) is 0 Å². The molecular weight excluding hydrogens is 236 g/mol. The lowest BCUT2D eigenvalue weighted by molar-refractivity contribution is 0.0740. The number of hydrogen-bond donors (Lipinski definition) is 3. The Kier molecular flexibility index (Phi) is 6.80. The summed E-state index contributed by atoms with van der Waals surface area (Å²) in [5.74, 6) is 0.711. The molecule has 1 aliphatic rings. The minimum atomic E-state index is -0.688. The van der Waals surface area contributed by atoms with E-state index < -0.39 is 5.60 Å². The summed E-state index contributed by atoms with van der Waals surface area (Å²) in [5, 5.41) is 22.9. The lowest BCUT2D eigenvalue weighted by atomic mass is 10.1. The van der Waals surface area contributed by atoms with Crippen molar-refractivity contribution in [3.8, 4) is 0 Å². The first-order chi connectivity index (χ1) is 8.03. The summed E-state index contributed by atoms with van der Waals surface area (Å²) < 4.78 is 0. The fourth-order valence-corrected chi connectivity index (χ4v) is 2.92. The van der Waals surface area contributed by atoms with Crippen LogP contribution in [0.15, 0.2) is 0 Å². The highest BCUT2D eigenvalue weighted by molar-refractivity contribution is 7.98. The van der Waals surface area contributed by atoms with E-state index in [1.54, 1.807) is 11.8 Å². The van der Waals surface area contributed by atoms with Gasteiger partial charge in [0.05, 0.1) is 11.7 Å². The minimum absolute atomic E-state index is 0.335. The molecule has 0 aromatic carbocycles. The van der Waals surface area contributed by atoms with Gasteiger partial charge in [0.1, 0.15) is 0 Å². The minimum Gasteiger partial charge on any atom is -0.390 e. The van der Waals surface area contributed by atoms with Gasteiger partial charge in [-0.05, 0) is 39.1 Å². The van der Waals surface area contributed by atoms with Crippen molar-refractivity contribution >= 4 is 11.8 Å². The molecule has 1 aliphatic heterocycles. The van der Waals surface area contributed by atoms with Crippen molar-refractivity contribution in [2.75, 3.05) is 44.7 Å². The Bertz CT molecular complexity index is 209. The van der Waals surface area contributed by atoms with Crippen molar-refractivity contribution in [2.24, 2.45) is 0 Å². The SMILES string of the molecule is CSCC(C)(O)CNCC(O)CN1CCCC1. The molecule has 0 radical (unpaired) electrons. The maximum absolute atomic E-state index is 9.94. The molecule has 1 rings (SSSR count). The van der Waals surface area contributed by atoms with Crippen LogP contribution in [0.3, 0.4) is 0 Å². The quantitative estimate of drug-likeness (QED) is 0.581. The lowest BCUT2D eigenvalue weighted by Crippen LogP contribution is -2.44. The number of nitrogens with zero attached hydrogens (tertiary/aromatic N) is 1. The molecule has 1 heterocycles. The van der Waals surface area contributed by atoms with Crippen molar-refractivity contribution in [1.29, 1.82) is 0 Å². The van der Waals surface area contributed by atoms with Crippen LogP contribution in [0.1, 0.15) is 19.8 Å². The molecule has 2 atom stereocenters. The number of β-amino-alcohol motifs (C(OH)–C–C–N with tert-alkyl or cyclic N) is 1. The van der Waals surface area contributed by atoms with E-state index in [0.717, 1.165) is 19.6 Å². The highest BCUT2D eigenvalue weighted by Crippen LogP contribution is 2.09. The first kappa shape index (κ1) is 15.2. The summed E-state index contributed by atoms with van der Waals surface area (Å²) in [6.45, 7) is 5.88. The van der Waals surface area contributed by atoms with E-state index in [9.17, 15) is 10.2 Å². The van der Waals surface area contributed by atoms with E-state index in [0.29, 0.717) is 18.8 Å². The van der Waals surface area contributed by atoms with E-state index in [1.807, 2.05) is 13.2 Å². The van der Waals surface area contributed by atoms with Crippen LogP contribution in [0.2, 0.25) is 0 Å². The van der Waals surface area contributed by atoms with Crippen molar-refractivity contribution in [3.05, 3.63) is 0 Å². The van der Waals surface area contributed by atoms with Crippen LogP contribution in [0, 0.1) is 0 Å². The van der Waals surface area contributed by atoms with Crippen LogP contribution < -0.4 is 5.32 Å². The van der Waals surface area contributed by atoms with Crippen LogP contribution in [-0.4, -0.2) is 71.6 Å². The second-order valence-electron chi connectivity index (χ2n) is 5.22. The third-order valence-electron chi connectivity index (χ3n) is 3.01. The van der Waals surface area contributed by atoms with E-state index in [2.05, 4.69) is 10.2 Å². The maximum atomic E-state index is 9.94. The van der Waals surface area contributed by atoms with Gasteiger partial charge in [0, 0.05) is 25.4 Å². The molecule has 2 unspecified atom stereocenters. The molecule has 1 fully saturated rings. The average molecular weight is 262 g/mol. The standard InChI is InChI=1S/C12H26N2O2S/c1-12(16,10-17-2)9-13-7-11(15)8-14-5-3-4-6-14/h11,13,15-16H,3-10H2,1-2H3. The van der Waals surface area contributed by atoms with E-state index >= 15 is 0 Å². The molecule has 1 saturated heterocycles. The molecule has 3 N–H and O–H groups in total. The third-order valence-corrected chi connectivity index (χ3v) is 3.92. The number of likely N-dealkylation sites (tertiary alicyclic amines) is 1. The molecule has 0 aromatic rings. The average Bonchev–Trinajstić information content (AvgIpc) is 2.69.